The third-order valence-corrected chi connectivity index (χ3v) is 2.13. The molecule has 0 unspecified atom stereocenters. The number of rotatable bonds is 1. The third kappa shape index (κ3) is 0.465. The maximum Gasteiger partial charge on any atom is 0.241 e. The number of thiocarbonyl (C=S) groups is 1. The van der Waals surface area contributed by atoms with Crippen LogP contribution in [0, 0.1) is 0 Å². The molecule has 2 heterocycles. The van der Waals surface area contributed by atoms with Crippen LogP contribution < -0.4 is 0 Å². The molecular weight excluding hydrogens is 120 g/mol. The first-order valence-electron chi connectivity index (χ1n) is 2.80. The Kier molecular flexibility index (Phi) is 0.684. The van der Waals surface area contributed by atoms with Gasteiger partial charge in [0.1, 0.15) is 13.1 Å². The average Bonchev–Trinajstić information content (AvgIpc) is 2.57. The van der Waals surface area contributed by atoms with E-state index in [4.69, 9.17) is 0 Å². The molecule has 2 aliphatic rings. The highest BCUT2D eigenvalue weighted by atomic mass is 32.1. The van der Waals surface area contributed by atoms with E-state index in [0.29, 0.717) is 6.17 Å². The van der Waals surface area contributed by atoms with Crippen molar-refractivity contribution in [3.05, 3.63) is 0 Å². The van der Waals surface area contributed by atoms with E-state index >= 15 is 0 Å². The van der Waals surface area contributed by atoms with E-state index in [9.17, 15) is 0 Å². The summed E-state index contributed by atoms with van der Waals surface area (Å²) in [5.41, 5.74) is 0. The van der Waals surface area contributed by atoms with E-state index < -0.39 is 0 Å². The Bertz CT molecular complexity index is 167. The van der Waals surface area contributed by atoms with Crippen molar-refractivity contribution in [2.75, 3.05) is 19.6 Å². The minimum atomic E-state index is 0.521. The van der Waals surface area contributed by atoms with Crippen molar-refractivity contribution in [3.8, 4) is 0 Å². The van der Waals surface area contributed by atoms with E-state index in [0.717, 1.165) is 0 Å². The first-order chi connectivity index (χ1) is 3.87. The topological polar surface area (TPSA) is 12.4 Å². The molecule has 0 amide bonds. The molecule has 0 aromatic carbocycles. The molecule has 0 radical (unpaired) electrons. The number of isothiocyanates is 1. The molecule has 0 bridgehead atoms. The average molecular weight is 127 g/mol. The van der Waals surface area contributed by atoms with Crippen LogP contribution in [0.15, 0.2) is 4.99 Å². The zero-order valence-corrected chi connectivity index (χ0v) is 5.32. The fourth-order valence-corrected chi connectivity index (χ4v) is 1.23. The lowest BCUT2D eigenvalue weighted by atomic mass is 10.8. The van der Waals surface area contributed by atoms with Crippen LogP contribution in [0.5, 0.6) is 0 Å². The second kappa shape index (κ2) is 1.18. The molecule has 2 saturated heterocycles. The molecule has 3 heteroatoms. The highest BCUT2D eigenvalue weighted by Gasteiger charge is 2.65. The van der Waals surface area contributed by atoms with Crippen LogP contribution in [-0.2, 0) is 0 Å². The number of nitrogens with zero attached hydrogens (tertiary/aromatic N) is 2. The molecule has 1 spiro atoms. The van der Waals surface area contributed by atoms with Gasteiger partial charge in [-0.15, -0.1) is 0 Å². The Morgan fingerprint density at radius 1 is 1.62 bits per heavy atom. The first-order valence-corrected chi connectivity index (χ1v) is 3.21. The van der Waals surface area contributed by atoms with Gasteiger partial charge in [0.2, 0.25) is 6.17 Å². The summed E-state index contributed by atoms with van der Waals surface area (Å²) in [6.07, 6.45) is 0.521. The predicted molar refractivity (Wildman–Crippen MR) is 33.7 cm³/mol. The molecule has 42 valence electrons. The Balaban J connectivity index is 2.06. The van der Waals surface area contributed by atoms with Crippen molar-refractivity contribution in [1.29, 1.82) is 0 Å². The summed E-state index contributed by atoms with van der Waals surface area (Å²) in [4.78, 5) is 3.99. The van der Waals surface area contributed by atoms with Gasteiger partial charge in [0.15, 0.2) is 6.54 Å². The molecule has 0 aromatic heterocycles. The summed E-state index contributed by atoms with van der Waals surface area (Å²) in [5, 5.41) is 2.42. The molecule has 8 heavy (non-hydrogen) atoms. The van der Waals surface area contributed by atoms with Gasteiger partial charge >= 0.3 is 0 Å². The highest BCUT2D eigenvalue weighted by molar-refractivity contribution is 7.78. The minimum absolute atomic E-state index is 0.521. The maximum atomic E-state index is 4.47. The number of quaternary nitrogens is 1. The minimum Gasteiger partial charge on any atom is -0.281 e. The van der Waals surface area contributed by atoms with Crippen molar-refractivity contribution in [1.82, 2.24) is 0 Å². The van der Waals surface area contributed by atoms with Crippen molar-refractivity contribution in [3.63, 3.8) is 0 Å². The van der Waals surface area contributed by atoms with Gasteiger partial charge in [0.05, 0.1) is 5.16 Å². The van der Waals surface area contributed by atoms with Crippen molar-refractivity contribution >= 4 is 17.4 Å². The van der Waals surface area contributed by atoms with Gasteiger partial charge in [-0.2, -0.15) is 4.99 Å². The van der Waals surface area contributed by atoms with Crippen molar-refractivity contribution < 1.29 is 4.48 Å². The Labute approximate surface area is 53.4 Å². The maximum absolute atomic E-state index is 4.47. The summed E-state index contributed by atoms with van der Waals surface area (Å²) in [6, 6.07) is 0. The van der Waals surface area contributed by atoms with Crippen LogP contribution in [0.1, 0.15) is 0 Å². The summed E-state index contributed by atoms with van der Waals surface area (Å²) >= 11 is 4.47. The van der Waals surface area contributed by atoms with E-state index in [1.807, 2.05) is 0 Å². The zero-order valence-electron chi connectivity index (χ0n) is 4.50. The van der Waals surface area contributed by atoms with Crippen LogP contribution in [0.3, 0.4) is 0 Å². The van der Waals surface area contributed by atoms with Crippen LogP contribution in [-0.4, -0.2) is 35.4 Å². The Hall–Kier alpha value is -0.240. The van der Waals surface area contributed by atoms with Crippen LogP contribution in [0.2, 0.25) is 0 Å². The third-order valence-electron chi connectivity index (χ3n) is 2.03. The fraction of sp³-hybridized carbons (Fsp3) is 0.800. The molecule has 1 atom stereocenters. The van der Waals surface area contributed by atoms with Gasteiger partial charge in [-0.1, -0.05) is 0 Å². The standard InChI is InChI=1S/C5H7N2S/c8-4-6-5-3-7(5)1-2-7/h5H,1-3H2/q+1/t5-/m1/s1. The number of hydrogen-bond donors (Lipinski definition) is 0. The van der Waals surface area contributed by atoms with E-state index in [1.165, 1.54) is 24.1 Å². The van der Waals surface area contributed by atoms with Crippen LogP contribution >= 0.6 is 12.2 Å². The molecular formula is C5H7N2S+. The van der Waals surface area contributed by atoms with Gasteiger partial charge < -0.3 is 0 Å². The highest BCUT2D eigenvalue weighted by Crippen LogP contribution is 2.40. The lowest BCUT2D eigenvalue weighted by Crippen LogP contribution is -1.94. The van der Waals surface area contributed by atoms with Crippen LogP contribution in [0.25, 0.3) is 0 Å². The second-order valence-electron chi connectivity index (χ2n) is 2.55. The van der Waals surface area contributed by atoms with Gasteiger partial charge in [0.25, 0.3) is 0 Å². The quantitative estimate of drug-likeness (QED) is 0.213. The lowest BCUT2D eigenvalue weighted by molar-refractivity contribution is -0.665. The summed E-state index contributed by atoms with van der Waals surface area (Å²) in [5.74, 6) is 0. The Morgan fingerprint density at radius 3 is 2.75 bits per heavy atom. The van der Waals surface area contributed by atoms with E-state index in [2.05, 4.69) is 22.4 Å². The second-order valence-corrected chi connectivity index (χ2v) is 2.73. The van der Waals surface area contributed by atoms with Crippen molar-refractivity contribution in [2.24, 2.45) is 4.99 Å². The van der Waals surface area contributed by atoms with Crippen molar-refractivity contribution in [2.45, 2.75) is 6.17 Å². The SMILES string of the molecule is S=C=N[C@H]1C[N+]12CC2. The Morgan fingerprint density at radius 2 is 2.38 bits per heavy atom. The van der Waals surface area contributed by atoms with Crippen LogP contribution in [0.4, 0.5) is 0 Å². The lowest BCUT2D eigenvalue weighted by Gasteiger charge is -1.79. The van der Waals surface area contributed by atoms with Gasteiger partial charge in [-0.3, -0.25) is 4.48 Å². The van der Waals surface area contributed by atoms with Gasteiger partial charge in [-0.25, -0.2) is 0 Å². The fourth-order valence-electron chi connectivity index (χ4n) is 1.11. The summed E-state index contributed by atoms with van der Waals surface area (Å²) < 4.78 is 1.23. The smallest absolute Gasteiger partial charge is 0.241 e. The largest absolute Gasteiger partial charge is 0.281 e. The van der Waals surface area contributed by atoms with E-state index in [1.54, 1.807) is 0 Å². The molecule has 0 aromatic rings. The normalized spacial score (nSPS) is 36.2. The molecule has 2 aliphatic heterocycles. The molecule has 2 rings (SSSR count). The first kappa shape index (κ1) is 4.62. The molecule has 0 N–H and O–H groups in total. The molecule has 2 fully saturated rings. The molecule has 2 nitrogen and oxygen atoms in total. The summed E-state index contributed by atoms with van der Waals surface area (Å²) in [6.45, 7) is 3.88. The van der Waals surface area contributed by atoms with E-state index in [-0.39, 0.29) is 0 Å². The molecule has 0 aliphatic carbocycles. The number of aliphatic imine (C=N–C) groups is 1. The monoisotopic (exact) mass is 127 g/mol. The van der Waals surface area contributed by atoms with Gasteiger partial charge in [-0.05, 0) is 12.2 Å². The molecule has 0 saturated carbocycles. The number of hydrogen-bond acceptors (Lipinski definition) is 2. The van der Waals surface area contributed by atoms with Gasteiger partial charge in [0, 0.05) is 0 Å². The zero-order chi connectivity index (χ0) is 5.61. The predicted octanol–water partition coefficient (Wildman–Crippen LogP) is 0.259. The summed E-state index contributed by atoms with van der Waals surface area (Å²) in [7, 11) is 0.